The molecule has 1 aromatic carbocycles. The van der Waals surface area contributed by atoms with Gasteiger partial charge < -0.3 is 9.47 Å². The molecule has 3 aromatic rings. The van der Waals surface area contributed by atoms with Crippen LogP contribution in [0, 0.1) is 13.8 Å². The van der Waals surface area contributed by atoms with Crippen molar-refractivity contribution < 1.29 is 4.79 Å². The van der Waals surface area contributed by atoms with Crippen LogP contribution < -0.4 is 0 Å². The number of hydrogen-bond acceptors (Lipinski definition) is 4. The van der Waals surface area contributed by atoms with Gasteiger partial charge in [-0.1, -0.05) is 17.7 Å². The molecule has 140 valence electrons. The highest BCUT2D eigenvalue weighted by molar-refractivity contribution is 7.07. The van der Waals surface area contributed by atoms with Gasteiger partial charge in [0, 0.05) is 42.3 Å². The second kappa shape index (κ2) is 7.64. The molecule has 0 N–H and O–H groups in total. The Morgan fingerprint density at radius 1 is 1.30 bits per heavy atom. The van der Waals surface area contributed by atoms with E-state index in [0.29, 0.717) is 0 Å². The minimum Gasteiger partial charge on any atom is -0.338 e. The molecule has 0 radical (unpaired) electrons. The maximum Gasteiger partial charge on any atom is 0.254 e. The molecule has 1 aliphatic rings. The minimum absolute atomic E-state index is 0.138. The van der Waals surface area contributed by atoms with Crippen LogP contribution in [0.25, 0.3) is 0 Å². The van der Waals surface area contributed by atoms with Crippen LogP contribution >= 0.6 is 11.3 Å². The van der Waals surface area contributed by atoms with Crippen LogP contribution in [0.1, 0.15) is 51.8 Å². The highest BCUT2D eigenvalue weighted by atomic mass is 32.1. The van der Waals surface area contributed by atoms with Crippen molar-refractivity contribution in [2.75, 3.05) is 13.1 Å². The van der Waals surface area contributed by atoms with E-state index in [0.717, 1.165) is 60.7 Å². The number of thiazole rings is 1. The fraction of sp³-hybridized carbons (Fsp3) is 0.381. The van der Waals surface area contributed by atoms with Crippen LogP contribution in [0.5, 0.6) is 0 Å². The normalized spacial score (nSPS) is 17.3. The molecule has 0 spiro atoms. The molecule has 27 heavy (non-hydrogen) atoms. The Morgan fingerprint density at radius 2 is 2.19 bits per heavy atom. The SMILES string of the molecule is Cc1ccc(C)c(C(=O)N2CCC[C@H](c3nccn3Cc3cscn3)C2)c1. The molecule has 4 rings (SSSR count). The Morgan fingerprint density at radius 3 is 3.00 bits per heavy atom. The summed E-state index contributed by atoms with van der Waals surface area (Å²) in [5.74, 6) is 1.46. The fourth-order valence-corrected chi connectivity index (χ4v) is 4.36. The molecule has 0 aliphatic carbocycles. The zero-order valence-corrected chi connectivity index (χ0v) is 16.6. The zero-order valence-electron chi connectivity index (χ0n) is 15.8. The number of carbonyl (C=O) groups excluding carboxylic acids is 1. The average molecular weight is 381 g/mol. The Hall–Kier alpha value is -2.47. The van der Waals surface area contributed by atoms with E-state index < -0.39 is 0 Å². The Kier molecular flexibility index (Phi) is 5.07. The molecule has 0 unspecified atom stereocenters. The van der Waals surface area contributed by atoms with Crippen LogP contribution in [0.4, 0.5) is 0 Å². The molecule has 6 heteroatoms. The maximum absolute atomic E-state index is 13.1. The number of rotatable bonds is 4. The van der Waals surface area contributed by atoms with Crippen LogP contribution in [0.15, 0.2) is 41.5 Å². The molecule has 1 amide bonds. The van der Waals surface area contributed by atoms with Crippen LogP contribution in [0.3, 0.4) is 0 Å². The molecule has 2 aromatic heterocycles. The van der Waals surface area contributed by atoms with E-state index in [-0.39, 0.29) is 11.8 Å². The van der Waals surface area contributed by atoms with Crippen molar-refractivity contribution in [1.29, 1.82) is 0 Å². The van der Waals surface area contributed by atoms with Gasteiger partial charge in [0.05, 0.1) is 17.7 Å². The molecule has 1 atom stereocenters. The molecule has 5 nitrogen and oxygen atoms in total. The summed E-state index contributed by atoms with van der Waals surface area (Å²) in [7, 11) is 0. The van der Waals surface area contributed by atoms with Crippen molar-refractivity contribution in [3.05, 3.63) is 69.7 Å². The molecule has 0 bridgehead atoms. The van der Waals surface area contributed by atoms with E-state index in [1.54, 1.807) is 11.3 Å². The first-order valence-electron chi connectivity index (χ1n) is 9.36. The molecule has 0 saturated carbocycles. The van der Waals surface area contributed by atoms with Gasteiger partial charge in [-0.2, -0.15) is 0 Å². The third kappa shape index (κ3) is 3.81. The predicted octanol–water partition coefficient (Wildman–Crippen LogP) is 4.02. The average Bonchev–Trinajstić information content (AvgIpc) is 3.36. The van der Waals surface area contributed by atoms with Gasteiger partial charge in [-0.15, -0.1) is 11.3 Å². The molecule has 1 saturated heterocycles. The first-order valence-corrected chi connectivity index (χ1v) is 10.3. The van der Waals surface area contributed by atoms with Gasteiger partial charge in [0.15, 0.2) is 0 Å². The second-order valence-corrected chi connectivity index (χ2v) is 8.02. The van der Waals surface area contributed by atoms with E-state index >= 15 is 0 Å². The summed E-state index contributed by atoms with van der Waals surface area (Å²) in [6, 6.07) is 6.09. The number of aryl methyl sites for hydroxylation is 2. The third-order valence-corrected chi connectivity index (χ3v) is 5.90. The van der Waals surface area contributed by atoms with Gasteiger partial charge in [-0.3, -0.25) is 4.79 Å². The summed E-state index contributed by atoms with van der Waals surface area (Å²) in [4.78, 5) is 24.1. The summed E-state index contributed by atoms with van der Waals surface area (Å²) in [6.45, 7) is 6.31. The Bertz CT molecular complexity index is 932. The van der Waals surface area contributed by atoms with Gasteiger partial charge in [-0.05, 0) is 38.3 Å². The fourth-order valence-electron chi connectivity index (χ4n) is 3.81. The Balaban J connectivity index is 1.53. The van der Waals surface area contributed by atoms with Gasteiger partial charge in [0.25, 0.3) is 5.91 Å². The number of imidazole rings is 1. The van der Waals surface area contributed by atoms with E-state index in [4.69, 9.17) is 0 Å². The van der Waals surface area contributed by atoms with Crippen LogP contribution in [-0.4, -0.2) is 38.4 Å². The zero-order chi connectivity index (χ0) is 18.8. The van der Waals surface area contributed by atoms with E-state index in [1.165, 1.54) is 0 Å². The van der Waals surface area contributed by atoms with Crippen molar-refractivity contribution in [1.82, 2.24) is 19.4 Å². The number of nitrogens with zero attached hydrogens (tertiary/aromatic N) is 4. The van der Waals surface area contributed by atoms with Crippen molar-refractivity contribution >= 4 is 17.2 Å². The number of amides is 1. The molecular weight excluding hydrogens is 356 g/mol. The number of benzene rings is 1. The van der Waals surface area contributed by atoms with Gasteiger partial charge in [0.2, 0.25) is 0 Å². The maximum atomic E-state index is 13.1. The summed E-state index contributed by atoms with van der Waals surface area (Å²) in [5.41, 5.74) is 5.89. The molecule has 3 heterocycles. The molecule has 1 fully saturated rings. The van der Waals surface area contributed by atoms with Crippen LogP contribution in [-0.2, 0) is 6.54 Å². The van der Waals surface area contributed by atoms with Crippen LogP contribution in [0.2, 0.25) is 0 Å². The Labute approximate surface area is 163 Å². The van der Waals surface area contributed by atoms with Gasteiger partial charge in [-0.25, -0.2) is 9.97 Å². The monoisotopic (exact) mass is 380 g/mol. The highest BCUT2D eigenvalue weighted by Crippen LogP contribution is 2.28. The number of hydrogen-bond donors (Lipinski definition) is 0. The van der Waals surface area contributed by atoms with Gasteiger partial charge in [0.1, 0.15) is 5.82 Å². The number of aromatic nitrogens is 3. The number of piperidine rings is 1. The summed E-state index contributed by atoms with van der Waals surface area (Å²) >= 11 is 1.61. The highest BCUT2D eigenvalue weighted by Gasteiger charge is 2.28. The van der Waals surface area contributed by atoms with Crippen molar-refractivity contribution in [2.24, 2.45) is 0 Å². The lowest BCUT2D eigenvalue weighted by atomic mass is 9.95. The largest absolute Gasteiger partial charge is 0.338 e. The van der Waals surface area contributed by atoms with Crippen molar-refractivity contribution in [3.8, 4) is 0 Å². The lowest BCUT2D eigenvalue weighted by Gasteiger charge is -2.33. The lowest BCUT2D eigenvalue weighted by molar-refractivity contribution is 0.0702. The lowest BCUT2D eigenvalue weighted by Crippen LogP contribution is -2.40. The third-order valence-electron chi connectivity index (χ3n) is 5.26. The van der Waals surface area contributed by atoms with E-state index in [2.05, 4.69) is 26.0 Å². The molecular formula is C21H24N4OS. The first kappa shape index (κ1) is 17.9. The van der Waals surface area contributed by atoms with Gasteiger partial charge >= 0.3 is 0 Å². The number of likely N-dealkylation sites (tertiary alicyclic amines) is 1. The van der Waals surface area contributed by atoms with E-state index in [9.17, 15) is 4.79 Å². The minimum atomic E-state index is 0.138. The van der Waals surface area contributed by atoms with E-state index in [1.807, 2.05) is 48.8 Å². The van der Waals surface area contributed by atoms with Crippen molar-refractivity contribution in [3.63, 3.8) is 0 Å². The summed E-state index contributed by atoms with van der Waals surface area (Å²) < 4.78 is 2.17. The first-order chi connectivity index (χ1) is 13.1. The smallest absolute Gasteiger partial charge is 0.254 e. The molecule has 1 aliphatic heterocycles. The quantitative estimate of drug-likeness (QED) is 0.687. The van der Waals surface area contributed by atoms with Crippen molar-refractivity contribution in [2.45, 2.75) is 39.2 Å². The summed E-state index contributed by atoms with van der Waals surface area (Å²) in [5, 5.41) is 2.07. The summed E-state index contributed by atoms with van der Waals surface area (Å²) in [6.07, 6.45) is 5.93. The standard InChI is InChI=1S/C21H24N4OS/c1-15-5-6-16(2)19(10-15)21(26)25-8-3-4-17(11-25)20-22-7-9-24(20)12-18-13-27-14-23-18/h5-7,9-10,13-14,17H,3-4,8,11-12H2,1-2H3/t17-/m0/s1. The topological polar surface area (TPSA) is 51.0 Å². The number of carbonyl (C=O) groups is 1. The predicted molar refractivity (Wildman–Crippen MR) is 107 cm³/mol. The second-order valence-electron chi connectivity index (χ2n) is 7.30.